The topological polar surface area (TPSA) is 38.9 Å². The largest absolute Gasteiger partial charge is 0.375 e. The summed E-state index contributed by atoms with van der Waals surface area (Å²) in [6.45, 7) is 0. The van der Waals surface area contributed by atoms with Gasteiger partial charge in [-0.3, -0.25) is 0 Å². The van der Waals surface area contributed by atoms with Crippen molar-refractivity contribution in [1.29, 1.82) is 0 Å². The highest BCUT2D eigenvalue weighted by atomic mass is 79.9. The molecule has 15 heavy (non-hydrogen) atoms. The molecule has 0 aliphatic rings. The molecule has 0 aliphatic carbocycles. The molecule has 2 aromatic heterocycles. The fraction of sp³-hybridized carbons (Fsp3) is 0. The number of nitrogen functional groups attached to an aromatic ring is 1. The second kappa shape index (κ2) is 4.65. The Hall–Kier alpha value is -0.360. The molecule has 6 heteroatoms. The van der Waals surface area contributed by atoms with Gasteiger partial charge in [-0.2, -0.15) is 0 Å². The molecule has 0 atom stereocenters. The lowest BCUT2D eigenvalue weighted by molar-refractivity contribution is 1.39. The molecule has 0 saturated carbocycles. The third kappa shape index (κ3) is 2.81. The lowest BCUT2D eigenvalue weighted by Gasteiger charge is -1.82. The van der Waals surface area contributed by atoms with Gasteiger partial charge in [0.2, 0.25) is 0 Å². The monoisotopic (exact) mass is 320 g/mol. The second-order valence-corrected chi connectivity index (χ2v) is 6.41. The van der Waals surface area contributed by atoms with Crippen LogP contribution in [0.3, 0.4) is 0 Å². The van der Waals surface area contributed by atoms with Crippen molar-refractivity contribution in [3.05, 3.63) is 30.8 Å². The summed E-state index contributed by atoms with van der Waals surface area (Å²) in [5.41, 5.74) is 6.40. The molecule has 2 heterocycles. The number of rotatable bonds is 2. The summed E-state index contributed by atoms with van der Waals surface area (Å²) in [4.78, 5) is 5.21. The van der Waals surface area contributed by atoms with Crippen molar-refractivity contribution < 1.29 is 0 Å². The Labute approximate surface area is 109 Å². The zero-order valence-corrected chi connectivity index (χ0v) is 11.4. The van der Waals surface area contributed by atoms with Gasteiger partial charge in [0, 0.05) is 10.3 Å². The Morgan fingerprint density at radius 2 is 2.27 bits per heavy atom. The van der Waals surface area contributed by atoms with Crippen LogP contribution < -0.4 is 5.73 Å². The average Bonchev–Trinajstić information content (AvgIpc) is 2.72. The number of nitrogens with two attached hydrogens (primary N) is 1. The quantitative estimate of drug-likeness (QED) is 0.892. The summed E-state index contributed by atoms with van der Waals surface area (Å²) in [7, 11) is 0. The van der Waals surface area contributed by atoms with Crippen LogP contribution in [0.1, 0.15) is 10.6 Å². The predicted octanol–water partition coefficient (Wildman–Crippen LogP) is 4.37. The van der Waals surface area contributed by atoms with Crippen LogP contribution in [-0.2, 0) is 0 Å². The van der Waals surface area contributed by atoms with E-state index in [0.717, 1.165) is 19.4 Å². The molecule has 2 N–H and O–H groups in total. The smallest absolute Gasteiger partial charge is 0.180 e. The molecule has 0 saturated heterocycles. The first-order chi connectivity index (χ1) is 7.15. The first-order valence-electron chi connectivity index (χ1n) is 3.99. The lowest BCUT2D eigenvalue weighted by Crippen LogP contribution is -1.80. The first-order valence-corrected chi connectivity index (χ1v) is 6.86. The molecule has 0 fully saturated rings. The van der Waals surface area contributed by atoms with Crippen LogP contribution in [0, 0.1) is 0 Å². The van der Waals surface area contributed by atoms with E-state index in [1.807, 2.05) is 23.6 Å². The van der Waals surface area contributed by atoms with E-state index in [-0.39, 0.29) is 0 Å². The number of thiophene rings is 1. The van der Waals surface area contributed by atoms with Crippen LogP contribution in [0.2, 0.25) is 5.02 Å². The van der Waals surface area contributed by atoms with E-state index in [9.17, 15) is 0 Å². The van der Waals surface area contributed by atoms with E-state index in [1.165, 1.54) is 11.3 Å². The highest BCUT2D eigenvalue weighted by Gasteiger charge is 2.01. The maximum Gasteiger partial charge on any atom is 0.180 e. The Balaban J connectivity index is 2.18. The summed E-state index contributed by atoms with van der Waals surface area (Å²) >= 11 is 12.3. The normalized spacial score (nSPS) is 11.3. The average molecular weight is 322 g/mol. The lowest BCUT2D eigenvalue weighted by atomic mass is 10.3. The van der Waals surface area contributed by atoms with Gasteiger partial charge in [0.05, 0.1) is 14.5 Å². The SMILES string of the molecule is Nc1nc(/C=C/c2cc(Cl)c(Br)s2)cs1. The standard InChI is InChI=1S/C9H6BrClN2S2/c10-8-7(11)3-6(15-8)2-1-5-4-14-9(12)13-5/h1-4H,(H2,12,13)/b2-1+. The summed E-state index contributed by atoms with van der Waals surface area (Å²) < 4.78 is 0.946. The predicted molar refractivity (Wildman–Crippen MR) is 72.5 cm³/mol. The van der Waals surface area contributed by atoms with Crippen LogP contribution in [0.5, 0.6) is 0 Å². The van der Waals surface area contributed by atoms with Gasteiger partial charge in [0.1, 0.15) is 0 Å². The zero-order chi connectivity index (χ0) is 10.8. The van der Waals surface area contributed by atoms with Crippen LogP contribution in [-0.4, -0.2) is 4.98 Å². The van der Waals surface area contributed by atoms with Crippen LogP contribution in [0.15, 0.2) is 15.2 Å². The van der Waals surface area contributed by atoms with Gasteiger partial charge >= 0.3 is 0 Å². The number of nitrogens with zero attached hydrogens (tertiary/aromatic N) is 1. The number of hydrogen-bond donors (Lipinski definition) is 1. The summed E-state index contributed by atoms with van der Waals surface area (Å²) in [6.07, 6.45) is 3.89. The molecule has 0 spiro atoms. The Morgan fingerprint density at radius 1 is 1.47 bits per heavy atom. The van der Waals surface area contributed by atoms with Crippen molar-refractivity contribution in [2.24, 2.45) is 0 Å². The van der Waals surface area contributed by atoms with Gasteiger partial charge in [-0.15, -0.1) is 22.7 Å². The molecule has 0 radical (unpaired) electrons. The van der Waals surface area contributed by atoms with E-state index in [4.69, 9.17) is 17.3 Å². The summed E-state index contributed by atoms with van der Waals surface area (Å²) in [5.74, 6) is 0. The molecule has 2 rings (SSSR count). The summed E-state index contributed by atoms with van der Waals surface area (Å²) in [5, 5.41) is 3.23. The van der Waals surface area contributed by atoms with Gasteiger partial charge in [0.25, 0.3) is 0 Å². The fourth-order valence-corrected chi connectivity index (χ4v) is 3.17. The van der Waals surface area contributed by atoms with Gasteiger partial charge in [-0.1, -0.05) is 11.6 Å². The minimum absolute atomic E-state index is 0.583. The molecular formula is C9H6BrClN2S2. The van der Waals surface area contributed by atoms with E-state index in [1.54, 1.807) is 11.3 Å². The molecule has 0 aromatic carbocycles. The van der Waals surface area contributed by atoms with Crippen molar-refractivity contribution in [2.75, 3.05) is 5.73 Å². The number of anilines is 1. The summed E-state index contributed by atoms with van der Waals surface area (Å²) in [6, 6.07) is 1.91. The van der Waals surface area contributed by atoms with Gasteiger partial charge in [0.15, 0.2) is 5.13 Å². The van der Waals surface area contributed by atoms with Crippen LogP contribution in [0.25, 0.3) is 12.2 Å². The Bertz CT molecular complexity index is 484. The van der Waals surface area contributed by atoms with Gasteiger partial charge in [-0.25, -0.2) is 4.98 Å². The third-order valence-electron chi connectivity index (χ3n) is 1.62. The van der Waals surface area contributed by atoms with E-state index in [0.29, 0.717) is 5.13 Å². The van der Waals surface area contributed by atoms with E-state index in [2.05, 4.69) is 20.9 Å². The Morgan fingerprint density at radius 3 is 2.80 bits per heavy atom. The Kier molecular flexibility index (Phi) is 3.45. The molecule has 2 nitrogen and oxygen atoms in total. The van der Waals surface area contributed by atoms with Crippen molar-refractivity contribution in [3.8, 4) is 0 Å². The second-order valence-electron chi connectivity index (χ2n) is 2.71. The molecule has 0 unspecified atom stereocenters. The van der Waals surface area contributed by atoms with Crippen LogP contribution >= 0.6 is 50.2 Å². The molecule has 0 aliphatic heterocycles. The van der Waals surface area contributed by atoms with Crippen molar-refractivity contribution in [3.63, 3.8) is 0 Å². The van der Waals surface area contributed by atoms with Crippen molar-refractivity contribution in [2.45, 2.75) is 0 Å². The minimum Gasteiger partial charge on any atom is -0.375 e. The molecule has 78 valence electrons. The number of thiazole rings is 1. The molecule has 0 bridgehead atoms. The maximum absolute atomic E-state index is 5.91. The van der Waals surface area contributed by atoms with Crippen molar-refractivity contribution in [1.82, 2.24) is 4.98 Å². The highest BCUT2D eigenvalue weighted by Crippen LogP contribution is 2.33. The minimum atomic E-state index is 0.583. The number of hydrogen-bond acceptors (Lipinski definition) is 4. The molecular weight excluding hydrogens is 316 g/mol. The zero-order valence-electron chi connectivity index (χ0n) is 7.41. The van der Waals surface area contributed by atoms with Crippen LogP contribution in [0.4, 0.5) is 5.13 Å². The van der Waals surface area contributed by atoms with Gasteiger partial charge < -0.3 is 5.73 Å². The van der Waals surface area contributed by atoms with Crippen molar-refractivity contribution >= 4 is 67.5 Å². The maximum atomic E-state index is 5.91. The number of aromatic nitrogens is 1. The van der Waals surface area contributed by atoms with Gasteiger partial charge in [-0.05, 0) is 34.1 Å². The highest BCUT2D eigenvalue weighted by molar-refractivity contribution is 9.11. The first kappa shape index (κ1) is 11.1. The number of halogens is 2. The van der Waals surface area contributed by atoms with E-state index >= 15 is 0 Å². The third-order valence-corrected chi connectivity index (χ3v) is 4.75. The van der Waals surface area contributed by atoms with E-state index < -0.39 is 0 Å². The molecule has 0 amide bonds. The fourth-order valence-electron chi connectivity index (χ4n) is 0.990. The molecule has 2 aromatic rings.